The number of benzene rings is 2. The van der Waals surface area contributed by atoms with Crippen LogP contribution in [-0.4, -0.2) is 16.3 Å². The van der Waals surface area contributed by atoms with E-state index in [4.69, 9.17) is 5.10 Å². The Morgan fingerprint density at radius 3 is 2.57 bits per heavy atom. The lowest BCUT2D eigenvalue weighted by Crippen LogP contribution is -2.13. The fourth-order valence-electron chi connectivity index (χ4n) is 2.62. The zero-order valence-corrected chi connectivity index (χ0v) is 12.4. The smallest absolute Gasteiger partial charge is 0.0841 e. The number of nitrogens with one attached hydrogen (secondary N) is 1. The molecule has 0 aliphatic heterocycles. The molecule has 3 nitrogen and oxygen atoms in total. The van der Waals surface area contributed by atoms with Crippen molar-refractivity contribution in [3.8, 4) is 0 Å². The van der Waals surface area contributed by atoms with Crippen LogP contribution < -0.4 is 5.32 Å². The second-order valence-electron chi connectivity index (χ2n) is 5.20. The highest BCUT2D eigenvalue weighted by molar-refractivity contribution is 5.81. The molecule has 0 amide bonds. The van der Waals surface area contributed by atoms with Gasteiger partial charge in [-0.1, -0.05) is 55.5 Å². The number of hydrogen-bond donors (Lipinski definition) is 1. The summed E-state index contributed by atoms with van der Waals surface area (Å²) in [5, 5.41) is 9.42. The van der Waals surface area contributed by atoms with Crippen molar-refractivity contribution < 1.29 is 0 Å². The van der Waals surface area contributed by atoms with E-state index in [9.17, 15) is 0 Å². The third-order valence-electron chi connectivity index (χ3n) is 3.73. The summed E-state index contributed by atoms with van der Waals surface area (Å²) in [6, 6.07) is 19.1. The Hall–Kier alpha value is -2.13. The maximum absolute atomic E-state index is 4.80. The Kier molecular flexibility index (Phi) is 4.31. The molecule has 0 atom stereocenters. The number of rotatable bonds is 6. The summed E-state index contributed by atoms with van der Waals surface area (Å²) in [5.74, 6) is 0. The van der Waals surface area contributed by atoms with Crippen molar-refractivity contribution in [2.24, 2.45) is 0 Å². The van der Waals surface area contributed by atoms with Crippen LogP contribution in [0.2, 0.25) is 0 Å². The van der Waals surface area contributed by atoms with E-state index in [0.717, 1.165) is 31.7 Å². The highest BCUT2D eigenvalue weighted by Crippen LogP contribution is 2.18. The standard InChI is InChI=1S/C18H21N3/c1-2-19-14-17-16-10-6-7-11-18(16)21(20-17)13-12-15-8-4-3-5-9-15/h3-11,19H,2,12-14H2,1H3. The van der Waals surface area contributed by atoms with E-state index in [2.05, 4.69) is 71.5 Å². The summed E-state index contributed by atoms with van der Waals surface area (Å²) >= 11 is 0. The Balaban J connectivity index is 1.84. The summed E-state index contributed by atoms with van der Waals surface area (Å²) in [7, 11) is 0. The number of aromatic nitrogens is 2. The molecular weight excluding hydrogens is 258 g/mol. The molecule has 0 aliphatic rings. The molecular formula is C18H21N3. The van der Waals surface area contributed by atoms with E-state index in [0.29, 0.717) is 0 Å². The van der Waals surface area contributed by atoms with Gasteiger partial charge in [0.15, 0.2) is 0 Å². The fourth-order valence-corrected chi connectivity index (χ4v) is 2.62. The topological polar surface area (TPSA) is 29.9 Å². The van der Waals surface area contributed by atoms with E-state index in [-0.39, 0.29) is 0 Å². The zero-order valence-electron chi connectivity index (χ0n) is 12.4. The third kappa shape index (κ3) is 3.14. The molecule has 0 bridgehead atoms. The molecule has 0 radical (unpaired) electrons. The minimum atomic E-state index is 0.829. The van der Waals surface area contributed by atoms with Gasteiger partial charge in [0.1, 0.15) is 0 Å². The molecule has 2 aromatic carbocycles. The van der Waals surface area contributed by atoms with Crippen LogP contribution in [0.15, 0.2) is 54.6 Å². The molecule has 0 spiro atoms. The molecule has 21 heavy (non-hydrogen) atoms. The lowest BCUT2D eigenvalue weighted by Gasteiger charge is -2.03. The van der Waals surface area contributed by atoms with Crippen molar-refractivity contribution in [2.75, 3.05) is 6.54 Å². The second kappa shape index (κ2) is 6.55. The molecule has 1 aromatic heterocycles. The van der Waals surface area contributed by atoms with E-state index in [1.807, 2.05) is 0 Å². The van der Waals surface area contributed by atoms with Gasteiger partial charge in [-0.15, -0.1) is 0 Å². The van der Waals surface area contributed by atoms with Gasteiger partial charge in [-0.3, -0.25) is 4.68 Å². The van der Waals surface area contributed by atoms with Gasteiger partial charge in [0, 0.05) is 18.5 Å². The number of fused-ring (bicyclic) bond motifs is 1. The third-order valence-corrected chi connectivity index (χ3v) is 3.73. The number of aryl methyl sites for hydroxylation is 2. The first-order valence-electron chi connectivity index (χ1n) is 7.57. The van der Waals surface area contributed by atoms with Gasteiger partial charge in [0.25, 0.3) is 0 Å². The van der Waals surface area contributed by atoms with Gasteiger partial charge in [0.05, 0.1) is 11.2 Å². The van der Waals surface area contributed by atoms with Crippen molar-refractivity contribution in [1.82, 2.24) is 15.1 Å². The SMILES string of the molecule is CCNCc1nn(CCc2ccccc2)c2ccccc12. The van der Waals surface area contributed by atoms with E-state index in [1.54, 1.807) is 0 Å². The monoisotopic (exact) mass is 279 g/mol. The molecule has 1 N–H and O–H groups in total. The molecule has 0 saturated carbocycles. The summed E-state index contributed by atoms with van der Waals surface area (Å²) < 4.78 is 2.13. The summed E-state index contributed by atoms with van der Waals surface area (Å²) in [4.78, 5) is 0. The van der Waals surface area contributed by atoms with Crippen molar-refractivity contribution in [3.05, 3.63) is 65.9 Å². The molecule has 0 fully saturated rings. The summed E-state index contributed by atoms with van der Waals surface area (Å²) in [6.07, 6.45) is 1.01. The van der Waals surface area contributed by atoms with Crippen LogP contribution in [-0.2, 0) is 19.5 Å². The highest BCUT2D eigenvalue weighted by atomic mass is 15.3. The van der Waals surface area contributed by atoms with Gasteiger partial charge in [0.2, 0.25) is 0 Å². The van der Waals surface area contributed by atoms with Crippen molar-refractivity contribution >= 4 is 10.9 Å². The average molecular weight is 279 g/mol. The van der Waals surface area contributed by atoms with Crippen molar-refractivity contribution in [3.63, 3.8) is 0 Å². The lowest BCUT2D eigenvalue weighted by molar-refractivity contribution is 0.611. The number of nitrogens with zero attached hydrogens (tertiary/aromatic N) is 2. The molecule has 0 saturated heterocycles. The number of hydrogen-bond acceptors (Lipinski definition) is 2. The van der Waals surface area contributed by atoms with Crippen LogP contribution >= 0.6 is 0 Å². The first kappa shape index (κ1) is 13.8. The normalized spacial score (nSPS) is 11.1. The molecule has 0 aliphatic carbocycles. The summed E-state index contributed by atoms with van der Waals surface area (Å²) in [5.41, 5.74) is 3.71. The molecule has 1 heterocycles. The maximum Gasteiger partial charge on any atom is 0.0841 e. The van der Waals surface area contributed by atoms with Crippen LogP contribution in [0.5, 0.6) is 0 Å². The first-order valence-corrected chi connectivity index (χ1v) is 7.57. The van der Waals surface area contributed by atoms with Gasteiger partial charge in [-0.2, -0.15) is 5.10 Å². The maximum atomic E-state index is 4.80. The van der Waals surface area contributed by atoms with Crippen LogP contribution in [0.25, 0.3) is 10.9 Å². The Morgan fingerprint density at radius 1 is 1.00 bits per heavy atom. The molecule has 0 unspecified atom stereocenters. The Morgan fingerprint density at radius 2 is 1.76 bits per heavy atom. The van der Waals surface area contributed by atoms with Crippen LogP contribution in [0, 0.1) is 0 Å². The molecule has 3 aromatic rings. The lowest BCUT2D eigenvalue weighted by atomic mass is 10.1. The van der Waals surface area contributed by atoms with Gasteiger partial charge < -0.3 is 5.32 Å². The van der Waals surface area contributed by atoms with E-state index < -0.39 is 0 Å². The molecule has 3 heteroatoms. The minimum absolute atomic E-state index is 0.829. The van der Waals surface area contributed by atoms with Gasteiger partial charge >= 0.3 is 0 Å². The van der Waals surface area contributed by atoms with Crippen LogP contribution in [0.1, 0.15) is 18.2 Å². The van der Waals surface area contributed by atoms with E-state index in [1.165, 1.54) is 16.5 Å². The van der Waals surface area contributed by atoms with Gasteiger partial charge in [-0.05, 0) is 24.6 Å². The first-order chi connectivity index (χ1) is 10.4. The highest BCUT2D eigenvalue weighted by Gasteiger charge is 2.09. The van der Waals surface area contributed by atoms with Crippen molar-refractivity contribution in [2.45, 2.75) is 26.4 Å². The largest absolute Gasteiger partial charge is 0.311 e. The van der Waals surface area contributed by atoms with E-state index >= 15 is 0 Å². The minimum Gasteiger partial charge on any atom is -0.311 e. The Labute approximate surface area is 125 Å². The van der Waals surface area contributed by atoms with Gasteiger partial charge in [-0.25, -0.2) is 0 Å². The summed E-state index contributed by atoms with van der Waals surface area (Å²) in [6.45, 7) is 4.83. The predicted octanol–water partition coefficient (Wildman–Crippen LogP) is 3.39. The molecule has 108 valence electrons. The number of para-hydroxylation sites is 1. The average Bonchev–Trinajstić information content (AvgIpc) is 2.90. The fraction of sp³-hybridized carbons (Fsp3) is 0.278. The Bertz CT molecular complexity index is 701. The second-order valence-corrected chi connectivity index (χ2v) is 5.20. The van der Waals surface area contributed by atoms with Crippen molar-refractivity contribution in [1.29, 1.82) is 0 Å². The quantitative estimate of drug-likeness (QED) is 0.749. The molecule has 3 rings (SSSR count). The van der Waals surface area contributed by atoms with Crippen LogP contribution in [0.4, 0.5) is 0 Å². The van der Waals surface area contributed by atoms with Crippen LogP contribution in [0.3, 0.4) is 0 Å². The zero-order chi connectivity index (χ0) is 14.5. The predicted molar refractivity (Wildman–Crippen MR) is 87.3 cm³/mol.